The summed E-state index contributed by atoms with van der Waals surface area (Å²) < 4.78 is 12.8. The first-order valence-electron chi connectivity index (χ1n) is 7.24. The highest BCUT2D eigenvalue weighted by atomic mass is 19.1. The molecule has 2 heteroatoms. The Morgan fingerprint density at radius 3 is 2.29 bits per heavy atom. The van der Waals surface area contributed by atoms with Gasteiger partial charge in [0.05, 0.1) is 0 Å². The number of nitrogens with one attached hydrogen (secondary N) is 1. The zero-order valence-corrected chi connectivity index (χ0v) is 11.9. The van der Waals surface area contributed by atoms with E-state index in [1.165, 1.54) is 28.5 Å². The molecule has 0 aliphatic rings. The van der Waals surface area contributed by atoms with Gasteiger partial charge in [0.1, 0.15) is 5.82 Å². The average molecular weight is 279 g/mol. The zero-order chi connectivity index (χ0) is 14.5. The van der Waals surface area contributed by atoms with E-state index in [0.29, 0.717) is 0 Å². The molecule has 21 heavy (non-hydrogen) atoms. The highest BCUT2D eigenvalue weighted by Crippen LogP contribution is 2.15. The van der Waals surface area contributed by atoms with Gasteiger partial charge in [-0.2, -0.15) is 0 Å². The maximum absolute atomic E-state index is 12.8. The summed E-state index contributed by atoms with van der Waals surface area (Å²) in [6.45, 7) is 1.74. The van der Waals surface area contributed by atoms with Crippen LogP contribution in [0.15, 0.2) is 66.7 Å². The molecule has 1 N–H and O–H groups in total. The molecule has 0 aromatic heterocycles. The van der Waals surface area contributed by atoms with E-state index in [1.807, 2.05) is 12.1 Å². The van der Waals surface area contributed by atoms with Crippen LogP contribution in [0.5, 0.6) is 0 Å². The smallest absolute Gasteiger partial charge is 0.123 e. The van der Waals surface area contributed by atoms with Gasteiger partial charge in [0.25, 0.3) is 0 Å². The summed E-state index contributed by atoms with van der Waals surface area (Å²) in [5.41, 5.74) is 2.44. The predicted octanol–water partition coefficient (Wildman–Crippen LogP) is 4.31. The third-order valence-corrected chi connectivity index (χ3v) is 3.65. The lowest BCUT2D eigenvalue weighted by Crippen LogP contribution is -2.16. The molecule has 0 saturated carbocycles. The summed E-state index contributed by atoms with van der Waals surface area (Å²) in [5.74, 6) is -0.178. The van der Waals surface area contributed by atoms with Gasteiger partial charge in [-0.1, -0.05) is 48.5 Å². The number of fused-ring (bicyclic) bond motifs is 1. The summed E-state index contributed by atoms with van der Waals surface area (Å²) in [4.78, 5) is 0. The standard InChI is InChI=1S/C19H18FN/c20-19-9-6-15(7-10-19)11-12-21-14-16-5-8-17-3-1-2-4-18(17)13-16/h1-10,13,21H,11-12,14H2. The van der Waals surface area contributed by atoms with Gasteiger partial charge in [-0.15, -0.1) is 0 Å². The fourth-order valence-electron chi connectivity index (χ4n) is 2.47. The molecule has 0 radical (unpaired) electrons. The van der Waals surface area contributed by atoms with Crippen molar-refractivity contribution in [2.24, 2.45) is 0 Å². The van der Waals surface area contributed by atoms with Gasteiger partial charge in [0, 0.05) is 6.54 Å². The predicted molar refractivity (Wildman–Crippen MR) is 85.8 cm³/mol. The second kappa shape index (κ2) is 6.51. The largest absolute Gasteiger partial charge is 0.312 e. The van der Waals surface area contributed by atoms with Gasteiger partial charge >= 0.3 is 0 Å². The van der Waals surface area contributed by atoms with Gasteiger partial charge in [0.15, 0.2) is 0 Å². The first-order valence-corrected chi connectivity index (χ1v) is 7.24. The lowest BCUT2D eigenvalue weighted by Gasteiger charge is -2.06. The molecule has 0 heterocycles. The third kappa shape index (κ3) is 3.67. The van der Waals surface area contributed by atoms with Crippen LogP contribution >= 0.6 is 0 Å². The fourth-order valence-corrected chi connectivity index (χ4v) is 2.47. The number of hydrogen-bond acceptors (Lipinski definition) is 1. The van der Waals surface area contributed by atoms with Crippen molar-refractivity contribution in [2.45, 2.75) is 13.0 Å². The number of benzene rings is 3. The Morgan fingerprint density at radius 2 is 1.48 bits per heavy atom. The lowest BCUT2D eigenvalue weighted by molar-refractivity contribution is 0.626. The normalized spacial score (nSPS) is 10.9. The molecular formula is C19H18FN. The third-order valence-electron chi connectivity index (χ3n) is 3.65. The maximum atomic E-state index is 12.8. The molecule has 0 fully saturated rings. The van der Waals surface area contributed by atoms with E-state index in [-0.39, 0.29) is 5.82 Å². The van der Waals surface area contributed by atoms with Crippen LogP contribution in [0.1, 0.15) is 11.1 Å². The van der Waals surface area contributed by atoms with Gasteiger partial charge in [0.2, 0.25) is 0 Å². The second-order valence-electron chi connectivity index (χ2n) is 5.23. The van der Waals surface area contributed by atoms with Crippen molar-refractivity contribution >= 4 is 10.8 Å². The van der Waals surface area contributed by atoms with Crippen molar-refractivity contribution < 1.29 is 4.39 Å². The number of hydrogen-bond donors (Lipinski definition) is 1. The molecule has 3 rings (SSSR count). The molecule has 0 amide bonds. The minimum Gasteiger partial charge on any atom is -0.312 e. The van der Waals surface area contributed by atoms with Crippen LogP contribution in [0, 0.1) is 5.82 Å². The lowest BCUT2D eigenvalue weighted by atomic mass is 10.1. The van der Waals surface area contributed by atoms with Crippen molar-refractivity contribution in [1.29, 1.82) is 0 Å². The van der Waals surface area contributed by atoms with Crippen molar-refractivity contribution in [2.75, 3.05) is 6.54 Å². The van der Waals surface area contributed by atoms with Gasteiger partial charge < -0.3 is 5.32 Å². The van der Waals surface area contributed by atoms with Crippen molar-refractivity contribution in [3.05, 3.63) is 83.7 Å². The zero-order valence-electron chi connectivity index (χ0n) is 11.9. The van der Waals surface area contributed by atoms with Gasteiger partial charge in [-0.3, -0.25) is 0 Å². The van der Waals surface area contributed by atoms with Crippen LogP contribution in [-0.2, 0) is 13.0 Å². The molecular weight excluding hydrogens is 261 g/mol. The summed E-state index contributed by atoms with van der Waals surface area (Å²) in [5, 5.41) is 5.98. The first kappa shape index (κ1) is 13.8. The number of halogens is 1. The highest BCUT2D eigenvalue weighted by molar-refractivity contribution is 5.82. The molecule has 0 spiro atoms. The van der Waals surface area contributed by atoms with Crippen LogP contribution in [0.2, 0.25) is 0 Å². The fraction of sp³-hybridized carbons (Fsp3) is 0.158. The van der Waals surface area contributed by atoms with E-state index in [1.54, 1.807) is 0 Å². The van der Waals surface area contributed by atoms with Crippen LogP contribution in [0.3, 0.4) is 0 Å². The number of rotatable bonds is 5. The first-order chi connectivity index (χ1) is 10.3. The molecule has 0 atom stereocenters. The molecule has 0 aliphatic carbocycles. The van der Waals surface area contributed by atoms with Gasteiger partial charge in [-0.05, 0) is 53.1 Å². The van der Waals surface area contributed by atoms with Crippen LogP contribution in [0.4, 0.5) is 4.39 Å². The molecule has 3 aromatic rings. The van der Waals surface area contributed by atoms with Crippen molar-refractivity contribution in [1.82, 2.24) is 5.32 Å². The van der Waals surface area contributed by atoms with Crippen LogP contribution < -0.4 is 5.32 Å². The Labute approximate surface area is 124 Å². The Balaban J connectivity index is 1.53. The average Bonchev–Trinajstić information content (AvgIpc) is 2.53. The highest BCUT2D eigenvalue weighted by Gasteiger charge is 1.97. The molecule has 0 bridgehead atoms. The summed E-state index contributed by atoms with van der Waals surface area (Å²) in [6.07, 6.45) is 0.911. The Kier molecular flexibility index (Phi) is 4.27. The minimum atomic E-state index is -0.178. The summed E-state index contributed by atoms with van der Waals surface area (Å²) >= 11 is 0. The molecule has 0 saturated heterocycles. The van der Waals surface area contributed by atoms with E-state index in [2.05, 4.69) is 47.8 Å². The van der Waals surface area contributed by atoms with E-state index in [0.717, 1.165) is 25.1 Å². The Morgan fingerprint density at radius 1 is 0.762 bits per heavy atom. The van der Waals surface area contributed by atoms with Crippen LogP contribution in [-0.4, -0.2) is 6.54 Å². The van der Waals surface area contributed by atoms with E-state index < -0.39 is 0 Å². The maximum Gasteiger partial charge on any atom is 0.123 e. The molecule has 3 aromatic carbocycles. The van der Waals surface area contributed by atoms with Crippen molar-refractivity contribution in [3.63, 3.8) is 0 Å². The second-order valence-corrected chi connectivity index (χ2v) is 5.23. The minimum absolute atomic E-state index is 0.178. The monoisotopic (exact) mass is 279 g/mol. The Hall–Kier alpha value is -2.19. The van der Waals surface area contributed by atoms with Crippen molar-refractivity contribution in [3.8, 4) is 0 Å². The SMILES string of the molecule is Fc1ccc(CCNCc2ccc3ccccc3c2)cc1. The van der Waals surface area contributed by atoms with Crippen LogP contribution in [0.25, 0.3) is 10.8 Å². The van der Waals surface area contributed by atoms with E-state index in [4.69, 9.17) is 0 Å². The summed E-state index contributed by atoms with van der Waals surface area (Å²) in [7, 11) is 0. The quantitative estimate of drug-likeness (QED) is 0.686. The molecule has 106 valence electrons. The van der Waals surface area contributed by atoms with Gasteiger partial charge in [-0.25, -0.2) is 4.39 Å². The molecule has 1 nitrogen and oxygen atoms in total. The van der Waals surface area contributed by atoms with E-state index in [9.17, 15) is 4.39 Å². The summed E-state index contributed by atoms with van der Waals surface area (Å²) in [6, 6.07) is 21.6. The Bertz CT molecular complexity index is 719. The molecule has 0 aliphatic heterocycles. The topological polar surface area (TPSA) is 12.0 Å². The molecule has 0 unspecified atom stereocenters. The van der Waals surface area contributed by atoms with E-state index >= 15 is 0 Å².